The van der Waals surface area contributed by atoms with Crippen molar-refractivity contribution in [3.05, 3.63) is 72.1 Å². The molecule has 0 aliphatic carbocycles. The average molecular weight is 406 g/mol. The summed E-state index contributed by atoms with van der Waals surface area (Å²) in [5, 5.41) is 15.1. The Hall–Kier alpha value is -3.55. The molecule has 1 amide bonds. The Labute approximate surface area is 173 Å². The van der Waals surface area contributed by atoms with Crippen LogP contribution in [0.2, 0.25) is 0 Å². The summed E-state index contributed by atoms with van der Waals surface area (Å²) < 4.78 is 14.8. The molecule has 4 rings (SSSR count). The van der Waals surface area contributed by atoms with E-state index in [1.165, 1.54) is 12.1 Å². The van der Waals surface area contributed by atoms with E-state index in [1.807, 2.05) is 13.1 Å². The monoisotopic (exact) mass is 406 g/mol. The number of amides is 1. The van der Waals surface area contributed by atoms with Crippen LogP contribution in [0.15, 0.2) is 55.0 Å². The first-order valence-corrected chi connectivity index (χ1v) is 9.95. The van der Waals surface area contributed by atoms with Crippen LogP contribution >= 0.6 is 0 Å². The number of halogens is 1. The molecule has 0 unspecified atom stereocenters. The fourth-order valence-corrected chi connectivity index (χ4v) is 3.38. The highest BCUT2D eigenvalue weighted by Crippen LogP contribution is 2.19. The van der Waals surface area contributed by atoms with Gasteiger partial charge < -0.3 is 4.90 Å². The van der Waals surface area contributed by atoms with Gasteiger partial charge in [0.2, 0.25) is 0 Å². The van der Waals surface area contributed by atoms with Crippen molar-refractivity contribution < 1.29 is 9.18 Å². The summed E-state index contributed by atoms with van der Waals surface area (Å²) in [5.74, 6) is -0.264. The lowest BCUT2D eigenvalue weighted by atomic mass is 10.1. The number of aromatic nitrogens is 5. The Morgan fingerprint density at radius 2 is 1.97 bits per heavy atom. The van der Waals surface area contributed by atoms with Crippen LogP contribution in [0.4, 0.5) is 4.39 Å². The van der Waals surface area contributed by atoms with Crippen LogP contribution in [0.25, 0.3) is 16.9 Å². The Morgan fingerprint density at radius 1 is 1.13 bits per heavy atom. The molecular weight excluding hydrogens is 383 g/mol. The predicted octanol–water partition coefficient (Wildman–Crippen LogP) is 3.74. The summed E-state index contributed by atoms with van der Waals surface area (Å²) in [6.45, 7) is 0.697. The van der Waals surface area contributed by atoms with E-state index in [-0.39, 0.29) is 11.7 Å². The highest BCUT2D eigenvalue weighted by Gasteiger charge is 2.12. The maximum absolute atomic E-state index is 13.0. The van der Waals surface area contributed by atoms with Crippen LogP contribution in [0, 0.1) is 5.82 Å². The third-order valence-electron chi connectivity index (χ3n) is 5.10. The number of aryl methyl sites for hydroxylation is 1. The number of benzene rings is 1. The first-order valence-electron chi connectivity index (χ1n) is 9.95. The molecule has 0 bridgehead atoms. The van der Waals surface area contributed by atoms with Crippen LogP contribution in [-0.4, -0.2) is 49.2 Å². The molecule has 8 heteroatoms. The zero-order chi connectivity index (χ0) is 20.9. The first kappa shape index (κ1) is 19.8. The van der Waals surface area contributed by atoms with Gasteiger partial charge in [-0.2, -0.15) is 5.10 Å². The second-order valence-corrected chi connectivity index (χ2v) is 7.34. The number of H-pyrrole nitrogens is 1. The van der Waals surface area contributed by atoms with Crippen LogP contribution in [0.3, 0.4) is 0 Å². The van der Waals surface area contributed by atoms with E-state index in [0.717, 1.165) is 48.3 Å². The third kappa shape index (κ3) is 4.53. The topological polar surface area (TPSA) is 79.2 Å². The van der Waals surface area contributed by atoms with Crippen molar-refractivity contribution in [2.45, 2.75) is 25.7 Å². The number of hydrogen-bond donors (Lipinski definition) is 1. The number of aromatic amines is 1. The number of carbonyl (C=O) groups is 1. The van der Waals surface area contributed by atoms with Crippen LogP contribution in [0.5, 0.6) is 0 Å². The number of carbonyl (C=O) groups excluding carboxylic acids is 1. The second-order valence-electron chi connectivity index (χ2n) is 7.34. The van der Waals surface area contributed by atoms with Gasteiger partial charge in [0.1, 0.15) is 12.1 Å². The minimum absolute atomic E-state index is 0.0110. The Kier molecular flexibility index (Phi) is 5.83. The van der Waals surface area contributed by atoms with E-state index in [9.17, 15) is 9.18 Å². The minimum Gasteiger partial charge on any atom is -0.342 e. The number of unbranched alkanes of at least 4 members (excludes halogenated alkanes) is 2. The predicted molar refractivity (Wildman–Crippen MR) is 111 cm³/mol. The van der Waals surface area contributed by atoms with Gasteiger partial charge in [-0.3, -0.25) is 14.3 Å². The van der Waals surface area contributed by atoms with E-state index in [4.69, 9.17) is 0 Å². The molecule has 30 heavy (non-hydrogen) atoms. The number of nitrogens with one attached hydrogen (secondary N) is 1. The molecule has 1 N–H and O–H groups in total. The second kappa shape index (κ2) is 8.86. The number of hydrogen-bond acceptors (Lipinski definition) is 4. The molecule has 0 aliphatic rings. The molecule has 0 radical (unpaired) electrons. The van der Waals surface area contributed by atoms with Gasteiger partial charge in [-0.05, 0) is 61.7 Å². The zero-order valence-electron chi connectivity index (χ0n) is 16.8. The molecular formula is C22H23FN6O. The van der Waals surface area contributed by atoms with Crippen molar-refractivity contribution in [1.29, 1.82) is 0 Å². The molecule has 154 valence electrons. The van der Waals surface area contributed by atoms with Gasteiger partial charge in [0.05, 0.1) is 11.3 Å². The smallest absolute Gasteiger partial charge is 0.255 e. The highest BCUT2D eigenvalue weighted by molar-refractivity contribution is 5.94. The standard InChI is InChI=1S/C22H23FN6O/c1-28(22(30)17-8-11-21-27-24-15-29(21)14-17)12-4-2-3-5-19-13-20(26-25-19)16-6-9-18(23)10-7-16/h6-11,13-15H,2-5,12H2,1H3,(H,25,26). The van der Waals surface area contributed by atoms with E-state index >= 15 is 0 Å². The molecule has 7 nitrogen and oxygen atoms in total. The van der Waals surface area contributed by atoms with E-state index in [1.54, 1.807) is 46.1 Å². The Balaban J connectivity index is 1.21. The maximum Gasteiger partial charge on any atom is 0.255 e. The van der Waals surface area contributed by atoms with Crippen molar-refractivity contribution in [3.8, 4) is 11.3 Å². The van der Waals surface area contributed by atoms with Crippen LogP contribution in [0.1, 0.15) is 35.3 Å². The van der Waals surface area contributed by atoms with Crippen LogP contribution < -0.4 is 0 Å². The lowest BCUT2D eigenvalue weighted by Crippen LogP contribution is -2.27. The number of pyridine rings is 1. The lowest BCUT2D eigenvalue weighted by Gasteiger charge is -2.17. The first-order chi connectivity index (χ1) is 14.6. The molecule has 1 aromatic carbocycles. The van der Waals surface area contributed by atoms with Gasteiger partial charge in [-0.25, -0.2) is 4.39 Å². The molecule has 4 aromatic rings. The summed E-state index contributed by atoms with van der Waals surface area (Å²) in [7, 11) is 1.82. The largest absolute Gasteiger partial charge is 0.342 e. The summed E-state index contributed by atoms with van der Waals surface area (Å²) in [5.41, 5.74) is 4.11. The summed E-state index contributed by atoms with van der Waals surface area (Å²) in [6, 6.07) is 11.9. The molecule has 3 aromatic heterocycles. The van der Waals surface area contributed by atoms with Gasteiger partial charge >= 0.3 is 0 Å². The normalized spacial score (nSPS) is 11.1. The molecule has 0 saturated heterocycles. The van der Waals surface area contributed by atoms with Gasteiger partial charge in [0.25, 0.3) is 5.91 Å². The Morgan fingerprint density at radius 3 is 2.80 bits per heavy atom. The molecule has 3 heterocycles. The zero-order valence-corrected chi connectivity index (χ0v) is 16.8. The van der Waals surface area contributed by atoms with E-state index in [2.05, 4.69) is 20.4 Å². The number of rotatable bonds is 8. The van der Waals surface area contributed by atoms with E-state index < -0.39 is 0 Å². The Bertz CT molecular complexity index is 1130. The van der Waals surface area contributed by atoms with Gasteiger partial charge in [-0.15, -0.1) is 10.2 Å². The number of fused-ring (bicyclic) bond motifs is 1. The minimum atomic E-state index is -0.253. The molecule has 0 spiro atoms. The third-order valence-corrected chi connectivity index (χ3v) is 5.10. The van der Waals surface area contributed by atoms with Crippen molar-refractivity contribution in [2.24, 2.45) is 0 Å². The fraction of sp³-hybridized carbons (Fsp3) is 0.273. The van der Waals surface area contributed by atoms with Crippen molar-refractivity contribution in [3.63, 3.8) is 0 Å². The molecule has 0 atom stereocenters. The van der Waals surface area contributed by atoms with E-state index in [0.29, 0.717) is 12.1 Å². The SMILES string of the molecule is CN(CCCCCc1cc(-c2ccc(F)cc2)n[nH]1)C(=O)c1ccc2nncn2c1. The summed E-state index contributed by atoms with van der Waals surface area (Å²) >= 11 is 0. The highest BCUT2D eigenvalue weighted by atomic mass is 19.1. The quantitative estimate of drug-likeness (QED) is 0.452. The van der Waals surface area contributed by atoms with Crippen LogP contribution in [-0.2, 0) is 6.42 Å². The van der Waals surface area contributed by atoms with Crippen molar-refractivity contribution >= 4 is 11.6 Å². The average Bonchev–Trinajstić information content (AvgIpc) is 3.42. The maximum atomic E-state index is 13.0. The molecule has 0 saturated carbocycles. The van der Waals surface area contributed by atoms with Gasteiger partial charge in [0.15, 0.2) is 5.65 Å². The van der Waals surface area contributed by atoms with Crippen molar-refractivity contribution in [2.75, 3.05) is 13.6 Å². The van der Waals surface area contributed by atoms with Gasteiger partial charge in [-0.1, -0.05) is 6.42 Å². The molecule has 0 aliphatic heterocycles. The molecule has 0 fully saturated rings. The van der Waals surface area contributed by atoms with Gasteiger partial charge in [0, 0.05) is 31.0 Å². The lowest BCUT2D eigenvalue weighted by molar-refractivity contribution is 0.0792. The summed E-state index contributed by atoms with van der Waals surface area (Å²) in [4.78, 5) is 14.3. The van der Waals surface area contributed by atoms with Crippen molar-refractivity contribution in [1.82, 2.24) is 29.7 Å². The summed E-state index contributed by atoms with van der Waals surface area (Å²) in [6.07, 6.45) is 7.16. The fourth-order valence-electron chi connectivity index (χ4n) is 3.38. The number of nitrogens with zero attached hydrogens (tertiary/aromatic N) is 5.